The summed E-state index contributed by atoms with van der Waals surface area (Å²) in [6.45, 7) is 1.79. The number of rotatable bonds is 5. The van der Waals surface area contributed by atoms with Crippen LogP contribution in [0.25, 0.3) is 0 Å². The Hall–Kier alpha value is -1.91. The second kappa shape index (κ2) is 6.90. The molecule has 0 radical (unpaired) electrons. The Labute approximate surface area is 131 Å². The van der Waals surface area contributed by atoms with Gasteiger partial charge in [0.1, 0.15) is 5.75 Å². The van der Waals surface area contributed by atoms with Crippen molar-refractivity contribution in [1.29, 1.82) is 0 Å². The topological polar surface area (TPSA) is 45.6 Å². The zero-order chi connectivity index (χ0) is 15.4. The monoisotopic (exact) mass is 298 g/mol. The number of aliphatic hydroxyl groups excluding tert-OH is 1. The van der Waals surface area contributed by atoms with Crippen molar-refractivity contribution in [2.75, 3.05) is 13.7 Å². The van der Waals surface area contributed by atoms with Crippen molar-refractivity contribution in [1.82, 2.24) is 9.88 Å². The number of aromatic nitrogens is 1. The number of benzene rings is 1. The highest BCUT2D eigenvalue weighted by molar-refractivity contribution is 5.27. The van der Waals surface area contributed by atoms with Crippen LogP contribution in [0.2, 0.25) is 0 Å². The first-order chi connectivity index (χ1) is 10.8. The Morgan fingerprint density at radius 2 is 1.86 bits per heavy atom. The summed E-state index contributed by atoms with van der Waals surface area (Å²) in [7, 11) is 1.68. The molecule has 0 amide bonds. The Bertz CT molecular complexity index is 586. The molecule has 0 bridgehead atoms. The number of hydrogen-bond acceptors (Lipinski definition) is 4. The first kappa shape index (κ1) is 15.0. The molecule has 1 N–H and O–H groups in total. The van der Waals surface area contributed by atoms with E-state index in [0.29, 0.717) is 0 Å². The van der Waals surface area contributed by atoms with Crippen molar-refractivity contribution in [2.45, 2.75) is 31.5 Å². The molecule has 1 aromatic heterocycles. The molecule has 1 fully saturated rings. The van der Waals surface area contributed by atoms with E-state index in [9.17, 15) is 5.11 Å². The number of nitrogens with zero attached hydrogens (tertiary/aromatic N) is 2. The Balaban J connectivity index is 1.68. The van der Waals surface area contributed by atoms with E-state index in [4.69, 9.17) is 4.74 Å². The van der Waals surface area contributed by atoms with Gasteiger partial charge >= 0.3 is 0 Å². The van der Waals surface area contributed by atoms with Gasteiger partial charge < -0.3 is 9.84 Å². The molecular weight excluding hydrogens is 276 g/mol. The Morgan fingerprint density at radius 3 is 2.55 bits per heavy atom. The van der Waals surface area contributed by atoms with Crippen LogP contribution in [0.4, 0.5) is 0 Å². The maximum atomic E-state index is 10.3. The molecule has 4 heteroatoms. The third-order valence-corrected chi connectivity index (χ3v) is 4.36. The molecule has 4 nitrogen and oxygen atoms in total. The molecule has 1 saturated heterocycles. The summed E-state index contributed by atoms with van der Waals surface area (Å²) in [6.07, 6.45) is 5.06. The highest BCUT2D eigenvalue weighted by atomic mass is 16.5. The Morgan fingerprint density at radius 1 is 1.14 bits per heavy atom. The molecular formula is C18H22N2O2. The van der Waals surface area contributed by atoms with Crippen LogP contribution in [0, 0.1) is 0 Å². The summed E-state index contributed by atoms with van der Waals surface area (Å²) < 4.78 is 5.20. The summed E-state index contributed by atoms with van der Waals surface area (Å²) >= 11 is 0. The lowest BCUT2D eigenvalue weighted by Gasteiger charge is -2.26. The van der Waals surface area contributed by atoms with Crippen molar-refractivity contribution in [3.8, 4) is 5.75 Å². The summed E-state index contributed by atoms with van der Waals surface area (Å²) in [5.41, 5.74) is 2.47. The van der Waals surface area contributed by atoms with Crippen LogP contribution in [-0.2, 0) is 13.0 Å². The van der Waals surface area contributed by atoms with Crippen molar-refractivity contribution in [3.05, 3.63) is 59.9 Å². The lowest BCUT2D eigenvalue weighted by Crippen LogP contribution is -2.36. The smallest absolute Gasteiger partial charge is 0.118 e. The second-order valence-corrected chi connectivity index (χ2v) is 5.80. The standard InChI is InChI=1S/C18H22N2O2/c1-22-16-4-2-15(3-5-16)13-20-11-8-18(21)17(20)12-14-6-9-19-10-7-14/h2-7,9-10,17-18,21H,8,11-13H2,1H3/t17-,18-/m1/s1. The fraction of sp³-hybridized carbons (Fsp3) is 0.389. The van der Waals surface area contributed by atoms with Crippen molar-refractivity contribution < 1.29 is 9.84 Å². The third-order valence-electron chi connectivity index (χ3n) is 4.36. The second-order valence-electron chi connectivity index (χ2n) is 5.80. The van der Waals surface area contributed by atoms with E-state index in [1.54, 1.807) is 7.11 Å². The van der Waals surface area contributed by atoms with Gasteiger partial charge in [0, 0.05) is 31.5 Å². The lowest BCUT2D eigenvalue weighted by atomic mass is 10.0. The molecule has 1 aliphatic heterocycles. The average molecular weight is 298 g/mol. The van der Waals surface area contributed by atoms with Crippen LogP contribution in [0.1, 0.15) is 17.5 Å². The van der Waals surface area contributed by atoms with Gasteiger partial charge in [-0.15, -0.1) is 0 Å². The molecule has 3 rings (SSSR count). The van der Waals surface area contributed by atoms with E-state index in [1.807, 2.05) is 36.7 Å². The molecule has 2 heterocycles. The molecule has 0 saturated carbocycles. The summed E-state index contributed by atoms with van der Waals surface area (Å²) in [5.74, 6) is 0.874. The van der Waals surface area contributed by atoms with Gasteiger partial charge in [-0.05, 0) is 48.2 Å². The van der Waals surface area contributed by atoms with Gasteiger partial charge in [0.05, 0.1) is 13.2 Å². The highest BCUT2D eigenvalue weighted by Crippen LogP contribution is 2.24. The minimum absolute atomic E-state index is 0.171. The predicted octanol–water partition coefficient (Wildman–Crippen LogP) is 2.27. The largest absolute Gasteiger partial charge is 0.497 e. The SMILES string of the molecule is COc1ccc(CN2CC[C@@H](O)[C@H]2Cc2ccncc2)cc1. The third kappa shape index (κ3) is 3.46. The van der Waals surface area contributed by atoms with E-state index in [1.165, 1.54) is 11.1 Å². The minimum Gasteiger partial charge on any atom is -0.497 e. The minimum atomic E-state index is -0.258. The van der Waals surface area contributed by atoms with Crippen LogP contribution in [-0.4, -0.2) is 40.8 Å². The highest BCUT2D eigenvalue weighted by Gasteiger charge is 2.32. The molecule has 116 valence electrons. The van der Waals surface area contributed by atoms with Crippen molar-refractivity contribution in [3.63, 3.8) is 0 Å². The van der Waals surface area contributed by atoms with Crippen LogP contribution < -0.4 is 4.74 Å². The van der Waals surface area contributed by atoms with Gasteiger partial charge in [-0.2, -0.15) is 0 Å². The summed E-state index contributed by atoms with van der Waals surface area (Å²) in [4.78, 5) is 6.42. The van der Waals surface area contributed by atoms with Gasteiger partial charge in [-0.25, -0.2) is 0 Å². The fourth-order valence-corrected chi connectivity index (χ4v) is 3.09. The maximum absolute atomic E-state index is 10.3. The van der Waals surface area contributed by atoms with Gasteiger partial charge in [-0.1, -0.05) is 12.1 Å². The van der Waals surface area contributed by atoms with E-state index in [-0.39, 0.29) is 12.1 Å². The molecule has 1 aromatic carbocycles. The van der Waals surface area contributed by atoms with Crippen LogP contribution in [0.15, 0.2) is 48.8 Å². The zero-order valence-electron chi connectivity index (χ0n) is 12.9. The molecule has 2 atom stereocenters. The number of ether oxygens (including phenoxy) is 1. The number of methoxy groups -OCH3 is 1. The normalized spacial score (nSPS) is 21.9. The van der Waals surface area contributed by atoms with E-state index < -0.39 is 0 Å². The van der Waals surface area contributed by atoms with Gasteiger partial charge in [0.25, 0.3) is 0 Å². The quantitative estimate of drug-likeness (QED) is 0.920. The molecule has 1 aliphatic rings. The van der Waals surface area contributed by atoms with Gasteiger partial charge in [0.2, 0.25) is 0 Å². The number of pyridine rings is 1. The Kier molecular flexibility index (Phi) is 4.71. The molecule has 22 heavy (non-hydrogen) atoms. The first-order valence-corrected chi connectivity index (χ1v) is 7.70. The fourth-order valence-electron chi connectivity index (χ4n) is 3.09. The van der Waals surface area contributed by atoms with E-state index in [0.717, 1.165) is 31.7 Å². The number of aliphatic hydroxyl groups is 1. The van der Waals surface area contributed by atoms with Crippen molar-refractivity contribution in [2.24, 2.45) is 0 Å². The van der Waals surface area contributed by atoms with E-state index >= 15 is 0 Å². The summed E-state index contributed by atoms with van der Waals surface area (Å²) in [6, 6.07) is 12.4. The first-order valence-electron chi connectivity index (χ1n) is 7.70. The molecule has 0 unspecified atom stereocenters. The number of likely N-dealkylation sites (tertiary alicyclic amines) is 1. The zero-order valence-corrected chi connectivity index (χ0v) is 12.9. The number of hydrogen-bond donors (Lipinski definition) is 1. The molecule has 0 aliphatic carbocycles. The van der Waals surface area contributed by atoms with Crippen LogP contribution >= 0.6 is 0 Å². The lowest BCUT2D eigenvalue weighted by molar-refractivity contribution is 0.112. The van der Waals surface area contributed by atoms with Crippen LogP contribution in [0.5, 0.6) is 5.75 Å². The van der Waals surface area contributed by atoms with Crippen molar-refractivity contribution >= 4 is 0 Å². The maximum Gasteiger partial charge on any atom is 0.118 e. The summed E-state index contributed by atoms with van der Waals surface area (Å²) in [5, 5.41) is 10.3. The van der Waals surface area contributed by atoms with Gasteiger partial charge in [0.15, 0.2) is 0 Å². The molecule has 0 spiro atoms. The van der Waals surface area contributed by atoms with E-state index in [2.05, 4.69) is 22.0 Å². The molecule has 2 aromatic rings. The van der Waals surface area contributed by atoms with Crippen LogP contribution in [0.3, 0.4) is 0 Å². The van der Waals surface area contributed by atoms with Gasteiger partial charge in [-0.3, -0.25) is 9.88 Å². The average Bonchev–Trinajstić information content (AvgIpc) is 2.90. The predicted molar refractivity (Wildman–Crippen MR) is 85.8 cm³/mol.